The minimum Gasteiger partial charge on any atom is -0.443 e. The molecule has 0 heterocycles. The molecule has 0 rings (SSSR count). The minimum absolute atomic E-state index is 1.16. The highest BCUT2D eigenvalue weighted by Gasteiger charge is 2.53. The molecule has 16 heavy (non-hydrogen) atoms. The second kappa shape index (κ2) is 6.37. The van der Waals surface area contributed by atoms with Gasteiger partial charge in [0.05, 0.1) is 27.2 Å². The van der Waals surface area contributed by atoms with Crippen molar-refractivity contribution in [3.05, 3.63) is 0 Å². The zero-order valence-electron chi connectivity index (χ0n) is 9.91. The van der Waals surface area contributed by atoms with Crippen LogP contribution in [-0.2, 0) is 0 Å². The van der Waals surface area contributed by atoms with Gasteiger partial charge in [-0.2, -0.15) is 0 Å². The lowest BCUT2D eigenvalue weighted by atomic mass is 9.92. The first-order valence-electron chi connectivity index (χ1n) is 4.95. The van der Waals surface area contributed by atoms with Crippen molar-refractivity contribution >= 4 is 6.98 Å². The summed E-state index contributed by atoms with van der Waals surface area (Å²) in [6, 6.07) is 0. The number of alkyl halides is 3. The topological polar surface area (TPSA) is 0 Å². The second-order valence-corrected chi connectivity index (χ2v) is 4.09. The van der Waals surface area contributed by atoms with Crippen LogP contribution in [0.1, 0.15) is 20.3 Å². The molecule has 0 fully saturated rings. The van der Waals surface area contributed by atoms with Gasteiger partial charge in [0.1, 0.15) is 0 Å². The Labute approximate surface area is 92.1 Å². The van der Waals surface area contributed by atoms with Crippen LogP contribution in [0.15, 0.2) is 0 Å². The van der Waals surface area contributed by atoms with Crippen LogP contribution in [0.3, 0.4) is 0 Å². The van der Waals surface area contributed by atoms with Crippen molar-refractivity contribution < 1.29 is 30.6 Å². The van der Waals surface area contributed by atoms with Crippen LogP contribution in [0.25, 0.3) is 0 Å². The molecule has 0 spiro atoms. The number of nitrogens with zero attached hydrogens (tertiary/aromatic N) is 1. The monoisotopic (exact) mass is 253 g/mol. The van der Waals surface area contributed by atoms with Crippen molar-refractivity contribution in [3.8, 4) is 0 Å². The molecule has 0 aliphatic rings. The highest BCUT2D eigenvalue weighted by Crippen LogP contribution is 2.31. The second-order valence-electron chi connectivity index (χ2n) is 4.09. The molecule has 0 saturated heterocycles. The van der Waals surface area contributed by atoms with Crippen LogP contribution in [0, 0.1) is 0 Å². The summed E-state index contributed by atoms with van der Waals surface area (Å²) in [4.78, 5) is 0. The van der Waals surface area contributed by atoms with E-state index in [-0.39, 0.29) is 0 Å². The van der Waals surface area contributed by atoms with Gasteiger partial charge in [-0.1, -0.05) is 6.92 Å². The molecule has 0 aliphatic heterocycles. The van der Waals surface area contributed by atoms with Gasteiger partial charge < -0.3 is 17.4 Å². The van der Waals surface area contributed by atoms with Gasteiger partial charge in [0.2, 0.25) is 0 Å². The predicted molar refractivity (Wildman–Crippen MR) is 52.9 cm³/mol. The molecule has 0 N–H and O–H groups in total. The average molecular weight is 253 g/mol. The quantitative estimate of drug-likeness (QED) is 0.410. The molecule has 100 valence electrons. The SMILES string of the molecule is CCC[N+](C)(C)CC.F[B-](F)(F)C(F)(F)F. The Hall–Kier alpha value is -0.395. The van der Waals surface area contributed by atoms with Gasteiger partial charge in [0.25, 0.3) is 0 Å². The summed E-state index contributed by atoms with van der Waals surface area (Å²) in [7, 11) is 4.53. The van der Waals surface area contributed by atoms with Crippen LogP contribution in [0.2, 0.25) is 0 Å². The third-order valence-corrected chi connectivity index (χ3v) is 2.06. The van der Waals surface area contributed by atoms with Crippen molar-refractivity contribution in [1.29, 1.82) is 0 Å². The first-order chi connectivity index (χ1) is 6.87. The fraction of sp³-hybridized carbons (Fsp3) is 1.00. The van der Waals surface area contributed by atoms with Crippen molar-refractivity contribution in [2.75, 3.05) is 27.2 Å². The third-order valence-electron chi connectivity index (χ3n) is 2.06. The summed E-state index contributed by atoms with van der Waals surface area (Å²) in [5.74, 6) is 0. The largest absolute Gasteiger partial charge is 0.583 e. The predicted octanol–water partition coefficient (Wildman–Crippen LogP) is 3.43. The molecule has 0 amide bonds. The summed E-state index contributed by atoms with van der Waals surface area (Å²) in [5, 5.41) is 0. The van der Waals surface area contributed by atoms with Crippen LogP contribution < -0.4 is 0 Å². The van der Waals surface area contributed by atoms with E-state index in [9.17, 15) is 26.1 Å². The zero-order chi connectivity index (χ0) is 13.6. The molecule has 0 saturated carbocycles. The Kier molecular flexibility index (Phi) is 7.16. The molecular weight excluding hydrogens is 235 g/mol. The summed E-state index contributed by atoms with van der Waals surface area (Å²) < 4.78 is 64.1. The van der Waals surface area contributed by atoms with Gasteiger partial charge in [0, 0.05) is 0 Å². The molecule has 0 unspecified atom stereocenters. The fourth-order valence-electron chi connectivity index (χ4n) is 0.763. The van der Waals surface area contributed by atoms with Crippen LogP contribution in [0.4, 0.5) is 26.1 Å². The average Bonchev–Trinajstić information content (AvgIpc) is 2.01. The summed E-state index contributed by atoms with van der Waals surface area (Å²) in [6.07, 6.45) is -4.71. The Morgan fingerprint density at radius 1 is 1.00 bits per heavy atom. The van der Waals surface area contributed by atoms with Crippen LogP contribution in [0.5, 0.6) is 0 Å². The van der Waals surface area contributed by atoms with Crippen molar-refractivity contribution in [2.45, 2.75) is 26.3 Å². The molecule has 0 bridgehead atoms. The lowest BCUT2D eigenvalue weighted by Crippen LogP contribution is -2.39. The number of hydrogen-bond donors (Lipinski definition) is 0. The van der Waals surface area contributed by atoms with E-state index in [1.807, 2.05) is 0 Å². The van der Waals surface area contributed by atoms with Gasteiger partial charge in [0.15, 0.2) is 0 Å². The smallest absolute Gasteiger partial charge is 0.443 e. The summed E-state index contributed by atoms with van der Waals surface area (Å²) in [5.41, 5.74) is 0. The Balaban J connectivity index is 0. The third kappa shape index (κ3) is 8.88. The molecule has 0 aliphatic carbocycles. The molecule has 0 aromatic rings. The van der Waals surface area contributed by atoms with Gasteiger partial charge in [-0.25, -0.2) is 13.2 Å². The van der Waals surface area contributed by atoms with Crippen LogP contribution >= 0.6 is 0 Å². The maximum atomic E-state index is 10.5. The molecule has 0 aromatic heterocycles. The highest BCUT2D eigenvalue weighted by molar-refractivity contribution is 6.60. The van der Waals surface area contributed by atoms with E-state index in [0.717, 1.165) is 4.48 Å². The molecule has 0 radical (unpaired) electrons. The fourth-order valence-corrected chi connectivity index (χ4v) is 0.763. The number of quaternary nitrogens is 1. The molecule has 0 atom stereocenters. The molecule has 8 heteroatoms. The van der Waals surface area contributed by atoms with Gasteiger partial charge in [-0.3, -0.25) is 0 Å². The van der Waals surface area contributed by atoms with Gasteiger partial charge >= 0.3 is 13.1 Å². The first kappa shape index (κ1) is 18.0. The summed E-state index contributed by atoms with van der Waals surface area (Å²) >= 11 is 0. The van der Waals surface area contributed by atoms with Crippen molar-refractivity contribution in [3.63, 3.8) is 0 Å². The summed E-state index contributed by atoms with van der Waals surface area (Å²) in [6.45, 7) is 0.364. The van der Waals surface area contributed by atoms with Crippen molar-refractivity contribution in [2.24, 2.45) is 0 Å². The van der Waals surface area contributed by atoms with Crippen molar-refractivity contribution in [1.82, 2.24) is 0 Å². The van der Waals surface area contributed by atoms with E-state index in [1.54, 1.807) is 0 Å². The number of rotatable bonds is 3. The number of hydrogen-bond acceptors (Lipinski definition) is 0. The van der Waals surface area contributed by atoms with E-state index in [1.165, 1.54) is 19.5 Å². The maximum absolute atomic E-state index is 10.5. The van der Waals surface area contributed by atoms with E-state index in [0.29, 0.717) is 0 Å². The van der Waals surface area contributed by atoms with E-state index in [2.05, 4.69) is 27.9 Å². The minimum atomic E-state index is -6.65. The lowest BCUT2D eigenvalue weighted by Gasteiger charge is -2.27. The number of halogens is 6. The van der Waals surface area contributed by atoms with E-state index < -0.39 is 13.1 Å². The molecular formula is C8H18BF6N. The van der Waals surface area contributed by atoms with E-state index in [4.69, 9.17) is 0 Å². The highest BCUT2D eigenvalue weighted by atomic mass is 19.4. The Morgan fingerprint density at radius 2 is 1.31 bits per heavy atom. The van der Waals surface area contributed by atoms with Gasteiger partial charge in [-0.15, -0.1) is 0 Å². The van der Waals surface area contributed by atoms with E-state index >= 15 is 0 Å². The Morgan fingerprint density at radius 3 is 1.38 bits per heavy atom. The molecule has 1 nitrogen and oxygen atoms in total. The standard InChI is InChI=1S/C7H18N.CBF6/c1-5-7-8(3,4)6-2;3-1(4,5)2(6,7)8/h5-7H2,1-4H3;/q+1;-1. The maximum Gasteiger partial charge on any atom is 0.583 e. The van der Waals surface area contributed by atoms with Crippen LogP contribution in [-0.4, -0.2) is 44.7 Å². The van der Waals surface area contributed by atoms with Gasteiger partial charge in [-0.05, 0) is 13.3 Å². The first-order valence-corrected chi connectivity index (χ1v) is 4.95. The lowest BCUT2D eigenvalue weighted by molar-refractivity contribution is -0.888. The Bertz CT molecular complexity index is 174. The molecule has 0 aromatic carbocycles. The zero-order valence-corrected chi connectivity index (χ0v) is 9.91. The normalized spacial score (nSPS) is 13.1.